The number of halogens is 1. The van der Waals surface area contributed by atoms with Crippen LogP contribution in [-0.4, -0.2) is 29.3 Å². The Hall–Kier alpha value is -3.14. The number of nitrogens with zero attached hydrogens (tertiary/aromatic N) is 1. The van der Waals surface area contributed by atoms with Gasteiger partial charge in [-0.05, 0) is 73.5 Å². The molecule has 3 aromatic carbocycles. The maximum atomic E-state index is 13.0. The largest absolute Gasteiger partial charge is 0.490 e. The van der Waals surface area contributed by atoms with E-state index >= 15 is 0 Å². The summed E-state index contributed by atoms with van der Waals surface area (Å²) in [6, 6.07) is 20.2. The highest BCUT2D eigenvalue weighted by Gasteiger charge is 2.33. The molecule has 1 saturated heterocycles. The quantitative estimate of drug-likeness (QED) is 0.239. The van der Waals surface area contributed by atoms with Gasteiger partial charge in [0.25, 0.3) is 11.8 Å². The lowest BCUT2D eigenvalue weighted by molar-refractivity contribution is -0.118. The number of rotatable bonds is 8. The zero-order valence-electron chi connectivity index (χ0n) is 19.6. The van der Waals surface area contributed by atoms with Gasteiger partial charge in [-0.1, -0.05) is 64.2 Å². The Kier molecular flexibility index (Phi) is 8.45. The molecule has 1 N–H and O–H groups in total. The summed E-state index contributed by atoms with van der Waals surface area (Å²) in [4.78, 5) is 27.5. The number of para-hydroxylation sites is 1. The van der Waals surface area contributed by atoms with Crippen molar-refractivity contribution in [1.82, 2.24) is 0 Å². The van der Waals surface area contributed by atoms with Crippen molar-refractivity contribution >= 4 is 73.5 Å². The van der Waals surface area contributed by atoms with E-state index in [-0.39, 0.29) is 18.4 Å². The summed E-state index contributed by atoms with van der Waals surface area (Å²) in [5, 5.41) is 2.83. The van der Waals surface area contributed by atoms with Crippen LogP contribution in [0.5, 0.6) is 11.5 Å². The van der Waals surface area contributed by atoms with Crippen molar-refractivity contribution in [3.63, 3.8) is 0 Å². The Balaban J connectivity index is 1.46. The summed E-state index contributed by atoms with van der Waals surface area (Å²) in [6.07, 6.45) is 1.77. The molecule has 1 fully saturated rings. The number of amides is 2. The van der Waals surface area contributed by atoms with Crippen molar-refractivity contribution in [2.45, 2.75) is 13.8 Å². The molecule has 9 heteroatoms. The monoisotopic (exact) mass is 582 g/mol. The molecule has 4 rings (SSSR count). The number of carbonyl (C=O) groups excluding carboxylic acids is 2. The minimum absolute atomic E-state index is 0.172. The summed E-state index contributed by atoms with van der Waals surface area (Å²) in [7, 11) is 0. The number of ether oxygens (including phenoxy) is 2. The van der Waals surface area contributed by atoms with Crippen molar-refractivity contribution in [3.8, 4) is 11.5 Å². The number of benzene rings is 3. The highest BCUT2D eigenvalue weighted by atomic mass is 79.9. The van der Waals surface area contributed by atoms with Gasteiger partial charge in [-0.25, -0.2) is 0 Å². The van der Waals surface area contributed by atoms with Crippen molar-refractivity contribution in [2.75, 3.05) is 23.4 Å². The second-order valence-corrected chi connectivity index (χ2v) is 10.3. The van der Waals surface area contributed by atoms with Gasteiger partial charge in [0, 0.05) is 10.2 Å². The SMILES string of the molecule is CCOc1cc(/C=C2\SC(=S)N(c3ccccc3)C2=O)ccc1OCC(=O)Nc1ccc(Br)c(C)c1. The maximum Gasteiger partial charge on any atom is 0.270 e. The summed E-state index contributed by atoms with van der Waals surface area (Å²) < 4.78 is 12.9. The molecular weight excluding hydrogens is 560 g/mol. The van der Waals surface area contributed by atoms with E-state index in [1.54, 1.807) is 18.2 Å². The number of hydrogen-bond acceptors (Lipinski definition) is 6. The van der Waals surface area contributed by atoms with Crippen LogP contribution in [0.3, 0.4) is 0 Å². The highest BCUT2D eigenvalue weighted by Crippen LogP contribution is 2.37. The summed E-state index contributed by atoms with van der Waals surface area (Å²) in [6.45, 7) is 4.06. The van der Waals surface area contributed by atoms with Crippen LogP contribution in [0.25, 0.3) is 6.08 Å². The number of thiocarbonyl (C=S) groups is 1. The van der Waals surface area contributed by atoms with Crippen LogP contribution in [0.2, 0.25) is 0 Å². The van der Waals surface area contributed by atoms with Gasteiger partial charge in [0.15, 0.2) is 22.4 Å². The number of anilines is 2. The normalized spacial score (nSPS) is 14.3. The topological polar surface area (TPSA) is 67.9 Å². The molecule has 2 amide bonds. The van der Waals surface area contributed by atoms with Crippen LogP contribution >= 0.6 is 39.9 Å². The molecule has 184 valence electrons. The van der Waals surface area contributed by atoms with Crippen molar-refractivity contribution in [2.24, 2.45) is 0 Å². The van der Waals surface area contributed by atoms with Crippen LogP contribution in [-0.2, 0) is 9.59 Å². The van der Waals surface area contributed by atoms with Crippen LogP contribution in [0.1, 0.15) is 18.1 Å². The molecule has 3 aromatic rings. The minimum atomic E-state index is -0.284. The summed E-state index contributed by atoms with van der Waals surface area (Å²) >= 11 is 10.1. The van der Waals surface area contributed by atoms with Crippen LogP contribution < -0.4 is 19.7 Å². The van der Waals surface area contributed by atoms with E-state index < -0.39 is 0 Å². The lowest BCUT2D eigenvalue weighted by atomic mass is 10.1. The Bertz CT molecular complexity index is 1340. The predicted molar refractivity (Wildman–Crippen MR) is 153 cm³/mol. The van der Waals surface area contributed by atoms with E-state index in [0.717, 1.165) is 21.3 Å². The Labute approximate surface area is 227 Å². The molecule has 1 aliphatic heterocycles. The first-order valence-corrected chi connectivity index (χ1v) is 13.2. The predicted octanol–water partition coefficient (Wildman–Crippen LogP) is 6.58. The molecule has 1 aliphatic rings. The first-order chi connectivity index (χ1) is 17.4. The average molecular weight is 584 g/mol. The summed E-state index contributed by atoms with van der Waals surface area (Å²) in [5.74, 6) is 0.465. The highest BCUT2D eigenvalue weighted by molar-refractivity contribution is 9.10. The van der Waals surface area contributed by atoms with E-state index in [9.17, 15) is 9.59 Å². The van der Waals surface area contributed by atoms with E-state index in [2.05, 4.69) is 21.2 Å². The average Bonchev–Trinajstić information content (AvgIpc) is 3.14. The van der Waals surface area contributed by atoms with Crippen molar-refractivity contribution < 1.29 is 19.1 Å². The maximum absolute atomic E-state index is 13.0. The van der Waals surface area contributed by atoms with Gasteiger partial charge in [0.05, 0.1) is 17.2 Å². The minimum Gasteiger partial charge on any atom is -0.490 e. The molecule has 0 radical (unpaired) electrons. The third-order valence-electron chi connectivity index (χ3n) is 5.17. The fraction of sp³-hybridized carbons (Fsp3) is 0.148. The zero-order chi connectivity index (χ0) is 25.7. The van der Waals surface area contributed by atoms with Crippen molar-refractivity contribution in [1.29, 1.82) is 0 Å². The van der Waals surface area contributed by atoms with Gasteiger partial charge in [0.2, 0.25) is 0 Å². The molecule has 0 unspecified atom stereocenters. The van der Waals surface area contributed by atoms with Crippen LogP contribution in [0.4, 0.5) is 11.4 Å². The van der Waals surface area contributed by atoms with Crippen molar-refractivity contribution in [3.05, 3.63) is 87.2 Å². The molecule has 0 spiro atoms. The Morgan fingerprint density at radius 3 is 2.58 bits per heavy atom. The molecule has 0 bridgehead atoms. The molecular formula is C27H23BrN2O4S2. The third-order valence-corrected chi connectivity index (χ3v) is 7.37. The van der Waals surface area contributed by atoms with E-state index in [1.165, 1.54) is 16.7 Å². The van der Waals surface area contributed by atoms with Gasteiger partial charge in [-0.15, -0.1) is 0 Å². The molecule has 0 aliphatic carbocycles. The Morgan fingerprint density at radius 2 is 1.86 bits per heavy atom. The first-order valence-electron chi connectivity index (χ1n) is 11.1. The van der Waals surface area contributed by atoms with Gasteiger partial charge < -0.3 is 14.8 Å². The smallest absolute Gasteiger partial charge is 0.270 e. The van der Waals surface area contributed by atoms with E-state index in [4.69, 9.17) is 21.7 Å². The number of hydrogen-bond donors (Lipinski definition) is 1. The molecule has 0 atom stereocenters. The second-order valence-electron chi connectivity index (χ2n) is 7.79. The van der Waals surface area contributed by atoms with Gasteiger partial charge in [-0.2, -0.15) is 0 Å². The number of aryl methyl sites for hydroxylation is 1. The number of carbonyl (C=O) groups is 2. The van der Waals surface area contributed by atoms with E-state index in [0.29, 0.717) is 33.0 Å². The number of thioether (sulfide) groups is 1. The molecule has 36 heavy (non-hydrogen) atoms. The first kappa shape index (κ1) is 25.9. The van der Waals surface area contributed by atoms with Gasteiger partial charge in [0.1, 0.15) is 0 Å². The van der Waals surface area contributed by atoms with Gasteiger partial charge >= 0.3 is 0 Å². The lowest BCUT2D eigenvalue weighted by Gasteiger charge is -2.14. The van der Waals surface area contributed by atoms with Crippen LogP contribution in [0, 0.1) is 6.92 Å². The Morgan fingerprint density at radius 1 is 1.08 bits per heavy atom. The lowest BCUT2D eigenvalue weighted by Crippen LogP contribution is -2.27. The fourth-order valence-corrected chi connectivity index (χ4v) is 5.03. The van der Waals surface area contributed by atoms with E-state index in [1.807, 2.05) is 68.4 Å². The molecule has 0 saturated carbocycles. The number of nitrogens with one attached hydrogen (secondary N) is 1. The molecule has 1 heterocycles. The molecule has 6 nitrogen and oxygen atoms in total. The second kappa shape index (κ2) is 11.7. The third kappa shape index (κ3) is 6.16. The van der Waals surface area contributed by atoms with Crippen LogP contribution in [0.15, 0.2) is 76.1 Å². The van der Waals surface area contributed by atoms with Gasteiger partial charge in [-0.3, -0.25) is 14.5 Å². The fourth-order valence-electron chi connectivity index (χ4n) is 3.48. The standard InChI is InChI=1S/C27H23BrN2O4S2/c1-3-33-23-14-18(15-24-26(32)30(27(35)36-24)20-7-5-4-6-8-20)9-12-22(23)34-16-25(31)29-19-10-11-21(28)17(2)13-19/h4-15H,3,16H2,1-2H3,(H,29,31)/b24-15-. The summed E-state index contributed by atoms with van der Waals surface area (Å²) in [5.41, 5.74) is 3.20. The zero-order valence-corrected chi connectivity index (χ0v) is 22.8. The molecule has 0 aromatic heterocycles.